The molecule has 0 bridgehead atoms. The van der Waals surface area contributed by atoms with E-state index in [0.29, 0.717) is 12.2 Å². The Kier molecular flexibility index (Phi) is 2.37. The monoisotopic (exact) mass is 182 g/mol. The highest BCUT2D eigenvalue weighted by Gasteiger charge is 2.48. The molecular formula is C6H8F2O2S. The van der Waals surface area contributed by atoms with Gasteiger partial charge in [0, 0.05) is 11.7 Å². The minimum absolute atomic E-state index is 0.263. The van der Waals surface area contributed by atoms with E-state index in [-0.39, 0.29) is 5.75 Å². The van der Waals surface area contributed by atoms with Gasteiger partial charge in [-0.05, 0) is 12.2 Å². The van der Waals surface area contributed by atoms with Crippen LogP contribution < -0.4 is 0 Å². The Morgan fingerprint density at radius 2 is 2.27 bits per heavy atom. The lowest BCUT2D eigenvalue weighted by atomic mass is 10.0. The Bertz CT molecular complexity index is 166. The van der Waals surface area contributed by atoms with Crippen molar-refractivity contribution in [3.63, 3.8) is 0 Å². The van der Waals surface area contributed by atoms with Gasteiger partial charge in [0.25, 0.3) is 0 Å². The van der Waals surface area contributed by atoms with E-state index in [1.807, 2.05) is 0 Å². The van der Waals surface area contributed by atoms with Crippen molar-refractivity contribution in [2.24, 2.45) is 5.92 Å². The van der Waals surface area contributed by atoms with Crippen LogP contribution in [0, 0.1) is 5.92 Å². The Labute approximate surface area is 67.0 Å². The third-order valence-corrected chi connectivity index (χ3v) is 2.89. The number of carboxylic acids is 1. The third-order valence-electron chi connectivity index (χ3n) is 1.73. The maximum absolute atomic E-state index is 12.6. The second-order valence-corrected chi connectivity index (χ2v) is 3.64. The van der Waals surface area contributed by atoms with Crippen molar-refractivity contribution in [1.82, 2.24) is 0 Å². The zero-order valence-electron chi connectivity index (χ0n) is 5.72. The number of hydrogen-bond donors (Lipinski definition) is 1. The second-order valence-electron chi connectivity index (χ2n) is 2.49. The molecule has 1 unspecified atom stereocenters. The molecule has 0 spiro atoms. The molecule has 0 amide bonds. The summed E-state index contributed by atoms with van der Waals surface area (Å²) in [5.74, 6) is -5.58. The first-order chi connectivity index (χ1) is 5.05. The van der Waals surface area contributed by atoms with E-state index in [2.05, 4.69) is 0 Å². The van der Waals surface area contributed by atoms with Gasteiger partial charge in [-0.25, -0.2) is 4.79 Å². The van der Waals surface area contributed by atoms with Crippen LogP contribution in [0.15, 0.2) is 0 Å². The van der Waals surface area contributed by atoms with Gasteiger partial charge in [-0.1, -0.05) is 0 Å². The van der Waals surface area contributed by atoms with Crippen LogP contribution in [-0.4, -0.2) is 28.5 Å². The quantitative estimate of drug-likeness (QED) is 0.702. The molecule has 1 fully saturated rings. The average molecular weight is 182 g/mol. The van der Waals surface area contributed by atoms with Crippen molar-refractivity contribution >= 4 is 17.7 Å². The SMILES string of the molecule is O=C(O)C(F)(F)C1CCSC1. The number of carboxylic acid groups (broad SMARTS) is 1. The van der Waals surface area contributed by atoms with Gasteiger partial charge in [0.15, 0.2) is 0 Å². The summed E-state index contributed by atoms with van der Waals surface area (Å²) in [5.41, 5.74) is 0. The van der Waals surface area contributed by atoms with Gasteiger partial charge in [-0.3, -0.25) is 0 Å². The van der Waals surface area contributed by atoms with Gasteiger partial charge in [0.1, 0.15) is 0 Å². The first-order valence-corrected chi connectivity index (χ1v) is 4.39. The molecule has 64 valence electrons. The highest BCUT2D eigenvalue weighted by Crippen LogP contribution is 2.36. The fraction of sp³-hybridized carbons (Fsp3) is 0.833. The van der Waals surface area contributed by atoms with Crippen molar-refractivity contribution in [2.75, 3.05) is 11.5 Å². The van der Waals surface area contributed by atoms with Crippen molar-refractivity contribution < 1.29 is 18.7 Å². The lowest BCUT2D eigenvalue weighted by Crippen LogP contribution is -2.37. The first-order valence-electron chi connectivity index (χ1n) is 3.24. The summed E-state index contributed by atoms with van der Waals surface area (Å²) in [6.45, 7) is 0. The van der Waals surface area contributed by atoms with Crippen molar-refractivity contribution in [2.45, 2.75) is 12.3 Å². The van der Waals surface area contributed by atoms with Crippen LogP contribution in [0.25, 0.3) is 0 Å². The summed E-state index contributed by atoms with van der Waals surface area (Å²) >= 11 is 1.38. The predicted molar refractivity (Wildman–Crippen MR) is 38.0 cm³/mol. The molecule has 1 atom stereocenters. The van der Waals surface area contributed by atoms with Crippen LogP contribution in [0.3, 0.4) is 0 Å². The molecule has 0 aliphatic carbocycles. The maximum Gasteiger partial charge on any atom is 0.374 e. The van der Waals surface area contributed by atoms with Crippen LogP contribution in [0.5, 0.6) is 0 Å². The minimum Gasteiger partial charge on any atom is -0.477 e. The molecule has 0 aromatic heterocycles. The standard InChI is InChI=1S/C6H8F2O2S/c7-6(8,5(9)10)4-1-2-11-3-4/h4H,1-3H2,(H,9,10). The number of rotatable bonds is 2. The van der Waals surface area contributed by atoms with E-state index >= 15 is 0 Å². The van der Waals surface area contributed by atoms with Crippen LogP contribution in [0.2, 0.25) is 0 Å². The number of carbonyl (C=O) groups is 1. The lowest BCUT2D eigenvalue weighted by molar-refractivity contribution is -0.171. The Morgan fingerprint density at radius 1 is 1.64 bits per heavy atom. The molecule has 1 aliphatic rings. The highest BCUT2D eigenvalue weighted by molar-refractivity contribution is 7.99. The number of hydrogen-bond acceptors (Lipinski definition) is 2. The molecule has 1 N–H and O–H groups in total. The normalized spacial score (nSPS) is 25.5. The maximum atomic E-state index is 12.6. The lowest BCUT2D eigenvalue weighted by Gasteiger charge is -2.16. The van der Waals surface area contributed by atoms with E-state index in [9.17, 15) is 13.6 Å². The fourth-order valence-electron chi connectivity index (χ4n) is 0.995. The van der Waals surface area contributed by atoms with E-state index in [1.165, 1.54) is 11.8 Å². The molecule has 1 rings (SSSR count). The van der Waals surface area contributed by atoms with Gasteiger partial charge < -0.3 is 5.11 Å². The number of halogens is 2. The van der Waals surface area contributed by atoms with Crippen LogP contribution in [0.1, 0.15) is 6.42 Å². The summed E-state index contributed by atoms with van der Waals surface area (Å²) in [7, 11) is 0. The molecule has 0 radical (unpaired) electrons. The summed E-state index contributed by atoms with van der Waals surface area (Å²) in [4.78, 5) is 10.0. The third kappa shape index (κ3) is 1.64. The summed E-state index contributed by atoms with van der Waals surface area (Å²) in [5, 5.41) is 8.14. The molecule has 0 saturated carbocycles. The Balaban J connectivity index is 2.62. The molecule has 2 nitrogen and oxygen atoms in total. The molecule has 1 aliphatic heterocycles. The number of alkyl halides is 2. The summed E-state index contributed by atoms with van der Waals surface area (Å²) in [6.07, 6.45) is 0.309. The smallest absolute Gasteiger partial charge is 0.374 e. The molecule has 0 aromatic rings. The van der Waals surface area contributed by atoms with Gasteiger partial charge in [-0.15, -0.1) is 0 Å². The van der Waals surface area contributed by atoms with E-state index in [4.69, 9.17) is 5.11 Å². The topological polar surface area (TPSA) is 37.3 Å². The second kappa shape index (κ2) is 2.97. The summed E-state index contributed by atoms with van der Waals surface area (Å²) < 4.78 is 25.3. The largest absolute Gasteiger partial charge is 0.477 e. The average Bonchev–Trinajstić information content (AvgIpc) is 2.37. The van der Waals surface area contributed by atoms with Crippen LogP contribution >= 0.6 is 11.8 Å². The number of thioether (sulfide) groups is 1. The summed E-state index contributed by atoms with van der Waals surface area (Å²) in [6, 6.07) is 0. The van der Waals surface area contributed by atoms with Crippen molar-refractivity contribution in [3.05, 3.63) is 0 Å². The predicted octanol–water partition coefficient (Wildman–Crippen LogP) is 1.46. The minimum atomic E-state index is -3.52. The fourth-order valence-corrected chi connectivity index (χ4v) is 2.27. The molecule has 1 heterocycles. The van der Waals surface area contributed by atoms with Gasteiger partial charge in [-0.2, -0.15) is 20.5 Å². The van der Waals surface area contributed by atoms with Gasteiger partial charge >= 0.3 is 11.9 Å². The van der Waals surface area contributed by atoms with Gasteiger partial charge in [0.05, 0.1) is 0 Å². The zero-order chi connectivity index (χ0) is 8.48. The molecule has 1 saturated heterocycles. The Morgan fingerprint density at radius 3 is 2.64 bits per heavy atom. The van der Waals surface area contributed by atoms with E-state index in [1.54, 1.807) is 0 Å². The van der Waals surface area contributed by atoms with Crippen molar-refractivity contribution in [1.29, 1.82) is 0 Å². The highest BCUT2D eigenvalue weighted by atomic mass is 32.2. The Hall–Kier alpha value is -0.320. The van der Waals surface area contributed by atoms with Crippen molar-refractivity contribution in [3.8, 4) is 0 Å². The first kappa shape index (κ1) is 8.77. The number of aliphatic carboxylic acids is 1. The molecule has 11 heavy (non-hydrogen) atoms. The van der Waals surface area contributed by atoms with Crippen LogP contribution in [0.4, 0.5) is 8.78 Å². The van der Waals surface area contributed by atoms with E-state index in [0.717, 1.165) is 0 Å². The van der Waals surface area contributed by atoms with Crippen LogP contribution in [-0.2, 0) is 4.79 Å². The van der Waals surface area contributed by atoms with E-state index < -0.39 is 17.8 Å². The molecule has 5 heteroatoms. The molecular weight excluding hydrogens is 174 g/mol. The zero-order valence-corrected chi connectivity index (χ0v) is 6.53. The van der Waals surface area contributed by atoms with Gasteiger partial charge in [0.2, 0.25) is 0 Å². The molecule has 0 aromatic carbocycles.